The molecule has 3 nitrogen and oxygen atoms in total. The van der Waals surface area contributed by atoms with Gasteiger partial charge in [-0.05, 0) is 78.2 Å². The number of ether oxygens (including phenoxy) is 1. The predicted octanol–water partition coefficient (Wildman–Crippen LogP) is 7.18. The number of fused-ring (bicyclic) bond motifs is 1. The Balaban J connectivity index is 1.41. The van der Waals surface area contributed by atoms with Crippen molar-refractivity contribution in [2.45, 2.75) is 20.5 Å². The highest BCUT2D eigenvalue weighted by Gasteiger charge is 2.07. The molecule has 0 amide bonds. The summed E-state index contributed by atoms with van der Waals surface area (Å²) in [6, 6.07) is 21.1. The van der Waals surface area contributed by atoms with E-state index in [1.54, 1.807) is 6.08 Å². The molecule has 30 heavy (non-hydrogen) atoms. The van der Waals surface area contributed by atoms with Crippen LogP contribution in [0.3, 0.4) is 0 Å². The molecule has 4 rings (SSSR count). The quantitative estimate of drug-likeness (QED) is 0.247. The van der Waals surface area contributed by atoms with Crippen molar-refractivity contribution >= 4 is 34.2 Å². The molecule has 0 radical (unpaired) electrons. The van der Waals surface area contributed by atoms with Gasteiger partial charge in [0.1, 0.15) is 23.9 Å². The van der Waals surface area contributed by atoms with Gasteiger partial charge in [-0.15, -0.1) is 0 Å². The Morgan fingerprint density at radius 2 is 1.70 bits per heavy atom. The van der Waals surface area contributed by atoms with Crippen molar-refractivity contribution < 1.29 is 13.9 Å². The lowest BCUT2D eigenvalue weighted by Crippen LogP contribution is -1.95. The number of hydrogen-bond acceptors (Lipinski definition) is 3. The van der Waals surface area contributed by atoms with Crippen molar-refractivity contribution in [1.29, 1.82) is 0 Å². The third kappa shape index (κ3) is 4.47. The minimum absolute atomic E-state index is 0.0675. The summed E-state index contributed by atoms with van der Waals surface area (Å²) in [6.07, 6.45) is 3.21. The number of aryl methyl sites for hydroxylation is 2. The fourth-order valence-corrected chi connectivity index (χ4v) is 3.41. The number of furan rings is 1. The third-order valence-electron chi connectivity index (χ3n) is 4.91. The highest BCUT2D eigenvalue weighted by molar-refractivity contribution is 6.32. The normalized spacial score (nSPS) is 11.3. The van der Waals surface area contributed by atoms with Crippen molar-refractivity contribution in [2.24, 2.45) is 0 Å². The summed E-state index contributed by atoms with van der Waals surface area (Å²) in [5.74, 6) is 1.96. The van der Waals surface area contributed by atoms with Gasteiger partial charge >= 0.3 is 0 Å². The molecule has 0 atom stereocenters. The minimum atomic E-state index is -0.0675. The van der Waals surface area contributed by atoms with E-state index in [0.29, 0.717) is 23.7 Å². The Labute approximate surface area is 180 Å². The second kappa shape index (κ2) is 8.60. The van der Waals surface area contributed by atoms with Gasteiger partial charge in [-0.1, -0.05) is 48.0 Å². The number of halogens is 1. The first-order valence-electron chi connectivity index (χ1n) is 9.69. The van der Waals surface area contributed by atoms with E-state index in [-0.39, 0.29) is 5.78 Å². The predicted molar refractivity (Wildman–Crippen MR) is 121 cm³/mol. The smallest absolute Gasteiger partial charge is 0.185 e. The van der Waals surface area contributed by atoms with Gasteiger partial charge in [0.25, 0.3) is 0 Å². The number of ketones is 1. The number of hydrogen-bond donors (Lipinski definition) is 0. The van der Waals surface area contributed by atoms with Gasteiger partial charge in [-0.3, -0.25) is 4.79 Å². The van der Waals surface area contributed by atoms with E-state index in [9.17, 15) is 4.79 Å². The van der Waals surface area contributed by atoms with E-state index in [0.717, 1.165) is 32.7 Å². The van der Waals surface area contributed by atoms with Crippen molar-refractivity contribution in [3.05, 3.63) is 106 Å². The Morgan fingerprint density at radius 3 is 2.47 bits per heavy atom. The maximum atomic E-state index is 12.5. The van der Waals surface area contributed by atoms with Gasteiger partial charge in [-0.25, -0.2) is 0 Å². The van der Waals surface area contributed by atoms with Crippen LogP contribution in [-0.2, 0) is 6.61 Å². The molecule has 0 bridgehead atoms. The van der Waals surface area contributed by atoms with E-state index in [4.69, 9.17) is 20.8 Å². The molecule has 0 aliphatic rings. The molecule has 0 unspecified atom stereocenters. The van der Waals surface area contributed by atoms with Gasteiger partial charge in [0.05, 0.1) is 0 Å². The highest BCUT2D eigenvalue weighted by atomic mass is 35.5. The lowest BCUT2D eigenvalue weighted by atomic mass is 10.0. The first kappa shape index (κ1) is 20.0. The average Bonchev–Trinajstić information content (AvgIpc) is 3.21. The molecular formula is C26H21ClO3. The molecule has 1 heterocycles. The summed E-state index contributed by atoms with van der Waals surface area (Å²) in [7, 11) is 0. The topological polar surface area (TPSA) is 39.4 Å². The molecule has 0 aliphatic carbocycles. The van der Waals surface area contributed by atoms with Crippen molar-refractivity contribution in [3.8, 4) is 5.75 Å². The van der Waals surface area contributed by atoms with Gasteiger partial charge < -0.3 is 9.15 Å². The van der Waals surface area contributed by atoms with Crippen LogP contribution in [0.2, 0.25) is 5.02 Å². The Hall–Kier alpha value is -3.30. The molecule has 4 heteroatoms. The van der Waals surface area contributed by atoms with Gasteiger partial charge in [0, 0.05) is 10.6 Å². The fourth-order valence-electron chi connectivity index (χ4n) is 3.30. The summed E-state index contributed by atoms with van der Waals surface area (Å²) in [5.41, 5.74) is 2.59. The summed E-state index contributed by atoms with van der Waals surface area (Å²) in [4.78, 5) is 12.5. The van der Waals surface area contributed by atoms with Crippen LogP contribution >= 0.6 is 11.6 Å². The van der Waals surface area contributed by atoms with E-state index in [1.807, 2.05) is 80.6 Å². The Kier molecular flexibility index (Phi) is 5.73. The lowest BCUT2D eigenvalue weighted by molar-refractivity contribution is 0.104. The van der Waals surface area contributed by atoms with Gasteiger partial charge in [-0.2, -0.15) is 0 Å². The van der Waals surface area contributed by atoms with Crippen LogP contribution in [0.15, 0.2) is 77.2 Å². The van der Waals surface area contributed by atoms with Crippen LogP contribution in [0.4, 0.5) is 0 Å². The zero-order valence-corrected chi connectivity index (χ0v) is 17.6. The maximum absolute atomic E-state index is 12.5. The fraction of sp³-hybridized carbons (Fsp3) is 0.115. The number of carbonyl (C=O) groups excluding carboxylic acids is 1. The van der Waals surface area contributed by atoms with Crippen LogP contribution in [0.5, 0.6) is 5.75 Å². The van der Waals surface area contributed by atoms with Gasteiger partial charge in [0.15, 0.2) is 5.78 Å². The summed E-state index contributed by atoms with van der Waals surface area (Å²) in [5, 5.41) is 2.91. The van der Waals surface area contributed by atoms with E-state index >= 15 is 0 Å². The second-order valence-electron chi connectivity index (χ2n) is 7.22. The third-order valence-corrected chi connectivity index (χ3v) is 5.50. The van der Waals surface area contributed by atoms with Crippen LogP contribution < -0.4 is 4.74 Å². The van der Waals surface area contributed by atoms with Crippen LogP contribution in [0, 0.1) is 13.8 Å². The molecule has 4 aromatic rings. The SMILES string of the molecule is Cc1cc(OCc2ccc(/C=C/C(=O)c3ccc4ccccc4c3)o2)cc(C)c1Cl. The molecule has 1 aromatic heterocycles. The largest absolute Gasteiger partial charge is 0.486 e. The molecular weight excluding hydrogens is 396 g/mol. The number of benzene rings is 3. The molecule has 0 aliphatic heterocycles. The minimum Gasteiger partial charge on any atom is -0.486 e. The number of allylic oxidation sites excluding steroid dienone is 1. The Morgan fingerprint density at radius 1 is 0.967 bits per heavy atom. The lowest BCUT2D eigenvalue weighted by Gasteiger charge is -2.08. The first-order valence-corrected chi connectivity index (χ1v) is 10.1. The second-order valence-corrected chi connectivity index (χ2v) is 7.60. The molecule has 150 valence electrons. The Bertz CT molecular complexity index is 1230. The molecule has 0 saturated heterocycles. The zero-order chi connectivity index (χ0) is 21.1. The monoisotopic (exact) mass is 416 g/mol. The van der Waals surface area contributed by atoms with Crippen molar-refractivity contribution in [3.63, 3.8) is 0 Å². The number of carbonyl (C=O) groups is 1. The molecule has 0 N–H and O–H groups in total. The van der Waals surface area contributed by atoms with Crippen LogP contribution in [0.1, 0.15) is 33.0 Å². The standard InChI is InChI=1S/C26H21ClO3/c1-17-13-24(14-18(2)26(17)27)29-16-23-10-9-22(30-23)11-12-25(28)21-8-7-19-5-3-4-6-20(19)15-21/h3-15H,16H2,1-2H3/b12-11+. The summed E-state index contributed by atoms with van der Waals surface area (Å²) in [6.45, 7) is 4.20. The molecule has 3 aromatic carbocycles. The highest BCUT2D eigenvalue weighted by Crippen LogP contribution is 2.26. The van der Waals surface area contributed by atoms with Gasteiger partial charge in [0.2, 0.25) is 0 Å². The van der Waals surface area contributed by atoms with Crippen LogP contribution in [0.25, 0.3) is 16.8 Å². The first-order chi connectivity index (χ1) is 14.5. The average molecular weight is 417 g/mol. The van der Waals surface area contributed by atoms with E-state index < -0.39 is 0 Å². The maximum Gasteiger partial charge on any atom is 0.185 e. The van der Waals surface area contributed by atoms with E-state index in [1.165, 1.54) is 6.08 Å². The molecule has 0 fully saturated rings. The summed E-state index contributed by atoms with van der Waals surface area (Å²) < 4.78 is 11.6. The van der Waals surface area contributed by atoms with E-state index in [2.05, 4.69) is 0 Å². The van der Waals surface area contributed by atoms with Crippen molar-refractivity contribution in [2.75, 3.05) is 0 Å². The number of rotatable bonds is 6. The molecule has 0 saturated carbocycles. The zero-order valence-electron chi connectivity index (χ0n) is 16.8. The van der Waals surface area contributed by atoms with Crippen molar-refractivity contribution in [1.82, 2.24) is 0 Å². The molecule has 0 spiro atoms. The van der Waals surface area contributed by atoms with Crippen LogP contribution in [-0.4, -0.2) is 5.78 Å². The summed E-state index contributed by atoms with van der Waals surface area (Å²) >= 11 is 6.19.